The molecule has 4 heterocycles. The Morgan fingerprint density at radius 3 is 2.65 bits per heavy atom. The predicted molar refractivity (Wildman–Crippen MR) is 141 cm³/mol. The average Bonchev–Trinajstić information content (AvgIpc) is 3.41. The lowest BCUT2D eigenvalue weighted by atomic mass is 9.92. The molecule has 180 valence electrons. The van der Waals surface area contributed by atoms with Crippen LogP contribution < -0.4 is 10.2 Å². The lowest BCUT2D eigenvalue weighted by Gasteiger charge is -2.42. The van der Waals surface area contributed by atoms with Crippen LogP contribution in [0.4, 0.5) is 17.5 Å². The molecule has 0 aliphatic carbocycles. The van der Waals surface area contributed by atoms with E-state index in [4.69, 9.17) is 21.6 Å². The van der Waals surface area contributed by atoms with Crippen LogP contribution in [0.3, 0.4) is 0 Å². The zero-order chi connectivity index (χ0) is 23.3. The summed E-state index contributed by atoms with van der Waals surface area (Å²) in [5.41, 5.74) is 1.96. The average molecular weight is 498 g/mol. The number of aliphatic hydroxyl groups is 1. The SMILES string of the molecule is OCCC1CCCN(C2CCN(c3ncc(-c4cccs4)c(Nc4ccc(Cl)cc4)n3)CC2)C1. The molecule has 0 saturated carbocycles. The van der Waals surface area contributed by atoms with Crippen molar-refractivity contribution in [3.63, 3.8) is 0 Å². The first-order chi connectivity index (χ1) is 16.7. The summed E-state index contributed by atoms with van der Waals surface area (Å²) in [6.07, 6.45) is 7.64. The second kappa shape index (κ2) is 11.0. The number of nitrogens with zero attached hydrogens (tertiary/aromatic N) is 4. The van der Waals surface area contributed by atoms with Crippen molar-refractivity contribution in [2.75, 3.05) is 43.0 Å². The maximum Gasteiger partial charge on any atom is 0.227 e. The Balaban J connectivity index is 1.30. The van der Waals surface area contributed by atoms with Gasteiger partial charge in [-0.15, -0.1) is 11.3 Å². The summed E-state index contributed by atoms with van der Waals surface area (Å²) in [5, 5.41) is 15.6. The number of rotatable bonds is 7. The van der Waals surface area contributed by atoms with Gasteiger partial charge in [0.25, 0.3) is 0 Å². The number of aliphatic hydroxyl groups excluding tert-OH is 1. The molecule has 0 radical (unpaired) electrons. The second-order valence-electron chi connectivity index (χ2n) is 9.28. The van der Waals surface area contributed by atoms with Gasteiger partial charge in [0.2, 0.25) is 5.95 Å². The van der Waals surface area contributed by atoms with Gasteiger partial charge in [-0.3, -0.25) is 4.90 Å². The van der Waals surface area contributed by atoms with Crippen LogP contribution in [0.5, 0.6) is 0 Å². The normalized spacial score (nSPS) is 19.9. The first kappa shape index (κ1) is 23.5. The summed E-state index contributed by atoms with van der Waals surface area (Å²) in [6, 6.07) is 12.5. The molecule has 2 aliphatic rings. The summed E-state index contributed by atoms with van der Waals surface area (Å²) in [6.45, 7) is 4.55. The number of likely N-dealkylation sites (tertiary alicyclic amines) is 1. The molecule has 0 amide bonds. The van der Waals surface area contributed by atoms with Gasteiger partial charge in [0.05, 0.1) is 5.56 Å². The number of nitrogens with one attached hydrogen (secondary N) is 1. The number of anilines is 3. The smallest absolute Gasteiger partial charge is 0.227 e. The quantitative estimate of drug-likeness (QED) is 0.438. The lowest BCUT2D eigenvalue weighted by molar-refractivity contribution is 0.0942. The molecular weight excluding hydrogens is 466 g/mol. The maximum atomic E-state index is 9.33. The largest absolute Gasteiger partial charge is 0.396 e. The van der Waals surface area contributed by atoms with Crippen molar-refractivity contribution >= 4 is 40.4 Å². The second-order valence-corrected chi connectivity index (χ2v) is 10.7. The van der Waals surface area contributed by atoms with E-state index in [1.807, 2.05) is 30.5 Å². The molecule has 5 rings (SSSR count). The highest BCUT2D eigenvalue weighted by Crippen LogP contribution is 2.34. The summed E-state index contributed by atoms with van der Waals surface area (Å²) in [5.74, 6) is 2.25. The van der Waals surface area contributed by atoms with Crippen molar-refractivity contribution in [1.82, 2.24) is 14.9 Å². The molecule has 2 N–H and O–H groups in total. The summed E-state index contributed by atoms with van der Waals surface area (Å²) in [4.78, 5) is 15.9. The minimum absolute atomic E-state index is 0.308. The van der Waals surface area contributed by atoms with Crippen molar-refractivity contribution in [2.24, 2.45) is 5.92 Å². The fourth-order valence-corrected chi connectivity index (χ4v) is 6.04. The molecule has 0 spiro atoms. The van der Waals surface area contributed by atoms with E-state index in [1.54, 1.807) is 11.3 Å². The molecule has 2 fully saturated rings. The highest BCUT2D eigenvalue weighted by atomic mass is 35.5. The Morgan fingerprint density at radius 2 is 1.91 bits per heavy atom. The predicted octanol–water partition coefficient (Wildman–Crippen LogP) is 5.67. The number of piperidine rings is 2. The van der Waals surface area contributed by atoms with Crippen molar-refractivity contribution in [3.05, 3.63) is 53.0 Å². The summed E-state index contributed by atoms with van der Waals surface area (Å²) < 4.78 is 0. The van der Waals surface area contributed by atoms with E-state index < -0.39 is 0 Å². The van der Waals surface area contributed by atoms with E-state index in [0.717, 1.165) is 66.8 Å². The number of benzene rings is 1. The van der Waals surface area contributed by atoms with Crippen molar-refractivity contribution in [2.45, 2.75) is 38.1 Å². The van der Waals surface area contributed by atoms with Gasteiger partial charge in [0.15, 0.2) is 0 Å². The van der Waals surface area contributed by atoms with Gasteiger partial charge in [-0.05, 0) is 80.3 Å². The minimum Gasteiger partial charge on any atom is -0.396 e. The van der Waals surface area contributed by atoms with Crippen LogP contribution in [0, 0.1) is 5.92 Å². The molecule has 1 unspecified atom stereocenters. The highest BCUT2D eigenvalue weighted by molar-refractivity contribution is 7.13. The van der Waals surface area contributed by atoms with Gasteiger partial charge < -0.3 is 15.3 Å². The minimum atomic E-state index is 0.308. The lowest BCUT2D eigenvalue weighted by Crippen LogP contribution is -2.49. The fraction of sp³-hybridized carbons (Fsp3) is 0.462. The molecule has 2 aliphatic heterocycles. The van der Waals surface area contributed by atoms with Crippen LogP contribution in [0.25, 0.3) is 10.4 Å². The maximum absolute atomic E-state index is 9.33. The van der Waals surface area contributed by atoms with Crippen molar-refractivity contribution < 1.29 is 5.11 Å². The van der Waals surface area contributed by atoms with Gasteiger partial charge >= 0.3 is 0 Å². The Hall–Kier alpha value is -2.19. The monoisotopic (exact) mass is 497 g/mol. The van der Waals surface area contributed by atoms with Gasteiger partial charge in [-0.1, -0.05) is 17.7 Å². The van der Waals surface area contributed by atoms with E-state index >= 15 is 0 Å². The standard InChI is InChI=1S/C26H32ClN5OS/c27-20-5-7-21(8-6-20)29-25-23(24-4-2-16-34-24)17-28-26(30-25)31-13-9-22(10-14-31)32-12-1-3-19(18-32)11-15-33/h2,4-8,16-17,19,22,33H,1,3,9-15,18H2,(H,28,29,30). The van der Waals surface area contributed by atoms with Gasteiger partial charge in [-0.2, -0.15) is 4.98 Å². The van der Waals surface area contributed by atoms with Crippen LogP contribution in [0.2, 0.25) is 5.02 Å². The zero-order valence-electron chi connectivity index (χ0n) is 19.4. The number of thiophene rings is 1. The molecule has 0 bridgehead atoms. The molecule has 3 aromatic rings. The van der Waals surface area contributed by atoms with Crippen LogP contribution >= 0.6 is 22.9 Å². The first-order valence-electron chi connectivity index (χ1n) is 12.2. The van der Waals surface area contributed by atoms with E-state index in [2.05, 4.69) is 32.6 Å². The molecule has 1 aromatic carbocycles. The zero-order valence-corrected chi connectivity index (χ0v) is 20.9. The topological polar surface area (TPSA) is 64.5 Å². The van der Waals surface area contributed by atoms with E-state index in [9.17, 15) is 5.11 Å². The number of hydrogen-bond donors (Lipinski definition) is 2. The van der Waals surface area contributed by atoms with Crippen LogP contribution in [0.15, 0.2) is 48.0 Å². The van der Waals surface area contributed by atoms with E-state index in [0.29, 0.717) is 23.6 Å². The molecule has 6 nitrogen and oxygen atoms in total. The Morgan fingerprint density at radius 1 is 1.09 bits per heavy atom. The van der Waals surface area contributed by atoms with Crippen molar-refractivity contribution in [3.8, 4) is 10.4 Å². The van der Waals surface area contributed by atoms with Crippen molar-refractivity contribution in [1.29, 1.82) is 0 Å². The summed E-state index contributed by atoms with van der Waals surface area (Å²) >= 11 is 7.76. The fourth-order valence-electron chi connectivity index (χ4n) is 5.18. The molecule has 2 aromatic heterocycles. The third-order valence-electron chi connectivity index (χ3n) is 7.02. The first-order valence-corrected chi connectivity index (χ1v) is 13.5. The van der Waals surface area contributed by atoms with E-state index in [-0.39, 0.29) is 0 Å². The molecule has 34 heavy (non-hydrogen) atoms. The van der Waals surface area contributed by atoms with Gasteiger partial charge in [-0.25, -0.2) is 4.98 Å². The molecule has 1 atom stereocenters. The number of hydrogen-bond acceptors (Lipinski definition) is 7. The third-order valence-corrected chi connectivity index (χ3v) is 8.18. The van der Waals surface area contributed by atoms with E-state index in [1.165, 1.54) is 19.4 Å². The van der Waals surface area contributed by atoms with Crippen LogP contribution in [-0.2, 0) is 0 Å². The van der Waals surface area contributed by atoms with Gasteiger partial charge in [0.1, 0.15) is 5.82 Å². The Kier molecular flexibility index (Phi) is 7.64. The highest BCUT2D eigenvalue weighted by Gasteiger charge is 2.29. The molecule has 8 heteroatoms. The molecule has 2 saturated heterocycles. The number of halogens is 1. The van der Waals surface area contributed by atoms with Gasteiger partial charge in [0, 0.05) is 54.1 Å². The Bertz CT molecular complexity index is 1050. The Labute approximate surface area is 210 Å². The third kappa shape index (κ3) is 5.54. The number of aromatic nitrogens is 2. The molecular formula is C26H32ClN5OS. The van der Waals surface area contributed by atoms with Crippen LogP contribution in [0.1, 0.15) is 32.1 Å². The summed E-state index contributed by atoms with van der Waals surface area (Å²) in [7, 11) is 0. The van der Waals surface area contributed by atoms with Crippen LogP contribution in [-0.4, -0.2) is 58.8 Å².